The number of nitrogens with two attached hydrogens (primary N) is 1. The Bertz CT molecular complexity index is 319. The summed E-state index contributed by atoms with van der Waals surface area (Å²) >= 11 is 1.39. The average Bonchev–Trinajstić information content (AvgIpc) is 2.20. The van der Waals surface area contributed by atoms with Crippen LogP contribution in [-0.2, 0) is 9.53 Å². The molecule has 0 fully saturated rings. The van der Waals surface area contributed by atoms with Gasteiger partial charge in [0.15, 0.2) is 5.82 Å². The summed E-state index contributed by atoms with van der Waals surface area (Å²) in [5, 5.41) is 0.649. The highest BCUT2D eigenvalue weighted by molar-refractivity contribution is 7.99. The molecule has 2 N–H and O–H groups in total. The lowest BCUT2D eigenvalue weighted by Gasteiger charge is -2.01. The summed E-state index contributed by atoms with van der Waals surface area (Å²) in [6, 6.07) is 0. The van der Waals surface area contributed by atoms with Gasteiger partial charge < -0.3 is 10.5 Å². The maximum absolute atomic E-state index is 10.8. The molecule has 0 amide bonds. The SMILES string of the molecule is COC(=O)CCSc1nccnc1N. The van der Waals surface area contributed by atoms with Gasteiger partial charge in [-0.25, -0.2) is 9.97 Å². The molecule has 76 valence electrons. The number of ether oxygens (including phenoxy) is 1. The molecule has 0 radical (unpaired) electrons. The van der Waals surface area contributed by atoms with E-state index in [0.29, 0.717) is 23.0 Å². The van der Waals surface area contributed by atoms with Gasteiger partial charge in [-0.2, -0.15) is 0 Å². The van der Waals surface area contributed by atoms with Crippen molar-refractivity contribution in [2.24, 2.45) is 0 Å². The van der Waals surface area contributed by atoms with Crippen molar-refractivity contribution < 1.29 is 9.53 Å². The Morgan fingerprint density at radius 3 is 2.93 bits per heavy atom. The van der Waals surface area contributed by atoms with Crippen LogP contribution in [0.1, 0.15) is 6.42 Å². The number of aromatic nitrogens is 2. The van der Waals surface area contributed by atoms with Crippen LogP contribution in [0.15, 0.2) is 17.4 Å². The highest BCUT2D eigenvalue weighted by Gasteiger charge is 2.04. The second kappa shape index (κ2) is 5.43. The van der Waals surface area contributed by atoms with Crippen LogP contribution in [0, 0.1) is 0 Å². The summed E-state index contributed by atoms with van der Waals surface area (Å²) < 4.78 is 4.50. The van der Waals surface area contributed by atoms with E-state index in [2.05, 4.69) is 14.7 Å². The minimum atomic E-state index is -0.236. The Morgan fingerprint density at radius 1 is 1.57 bits per heavy atom. The number of anilines is 1. The topological polar surface area (TPSA) is 78.1 Å². The molecular weight excluding hydrogens is 202 g/mol. The van der Waals surface area contributed by atoms with E-state index in [-0.39, 0.29) is 5.97 Å². The molecule has 0 atom stereocenters. The molecule has 0 saturated carbocycles. The number of methoxy groups -OCH3 is 1. The number of carbonyl (C=O) groups is 1. The molecule has 0 aliphatic heterocycles. The molecule has 1 aromatic rings. The lowest BCUT2D eigenvalue weighted by Crippen LogP contribution is -2.02. The van der Waals surface area contributed by atoms with Crippen molar-refractivity contribution in [2.75, 3.05) is 18.6 Å². The van der Waals surface area contributed by atoms with E-state index in [1.807, 2.05) is 0 Å². The maximum atomic E-state index is 10.8. The van der Waals surface area contributed by atoms with Crippen LogP contribution >= 0.6 is 11.8 Å². The number of thioether (sulfide) groups is 1. The Kier molecular flexibility index (Phi) is 4.18. The number of nitrogens with zero attached hydrogens (tertiary/aromatic N) is 2. The van der Waals surface area contributed by atoms with Crippen molar-refractivity contribution in [3.63, 3.8) is 0 Å². The second-order valence-corrected chi connectivity index (χ2v) is 3.50. The summed E-state index contributed by atoms with van der Waals surface area (Å²) in [4.78, 5) is 18.7. The molecule has 1 aromatic heterocycles. The molecule has 6 heteroatoms. The minimum absolute atomic E-state index is 0.236. The zero-order valence-electron chi connectivity index (χ0n) is 7.77. The predicted octanol–water partition coefficient (Wildman–Crippen LogP) is 0.714. The van der Waals surface area contributed by atoms with Crippen LogP contribution in [0.25, 0.3) is 0 Å². The highest BCUT2D eigenvalue weighted by Crippen LogP contribution is 2.20. The van der Waals surface area contributed by atoms with Gasteiger partial charge in [0.2, 0.25) is 0 Å². The summed E-state index contributed by atoms with van der Waals surface area (Å²) in [6.45, 7) is 0. The number of hydrogen-bond acceptors (Lipinski definition) is 6. The molecular formula is C8H11N3O2S. The third-order valence-corrected chi connectivity index (χ3v) is 2.46. The maximum Gasteiger partial charge on any atom is 0.306 e. The first kappa shape index (κ1) is 10.8. The van der Waals surface area contributed by atoms with Crippen LogP contribution in [0.2, 0.25) is 0 Å². The first-order chi connectivity index (χ1) is 6.74. The van der Waals surface area contributed by atoms with Crippen LogP contribution < -0.4 is 5.73 Å². The third kappa shape index (κ3) is 3.21. The lowest BCUT2D eigenvalue weighted by atomic mass is 10.5. The monoisotopic (exact) mass is 213 g/mol. The van der Waals surface area contributed by atoms with Crippen LogP contribution in [0.5, 0.6) is 0 Å². The molecule has 0 saturated heterocycles. The Labute approximate surface area is 86.1 Å². The molecule has 0 aromatic carbocycles. The molecule has 1 heterocycles. The van der Waals surface area contributed by atoms with Crippen molar-refractivity contribution in [3.05, 3.63) is 12.4 Å². The fraction of sp³-hybridized carbons (Fsp3) is 0.375. The Morgan fingerprint density at radius 2 is 2.29 bits per heavy atom. The van der Waals surface area contributed by atoms with Crippen molar-refractivity contribution >= 4 is 23.5 Å². The average molecular weight is 213 g/mol. The lowest BCUT2D eigenvalue weighted by molar-refractivity contribution is -0.140. The molecule has 1 rings (SSSR count). The Hall–Kier alpha value is -1.30. The molecule has 0 bridgehead atoms. The quantitative estimate of drug-likeness (QED) is 0.586. The van der Waals surface area contributed by atoms with Gasteiger partial charge in [-0.3, -0.25) is 4.79 Å². The number of esters is 1. The molecule has 5 nitrogen and oxygen atoms in total. The molecule has 0 spiro atoms. The van der Waals surface area contributed by atoms with E-state index in [4.69, 9.17) is 5.73 Å². The Balaban J connectivity index is 2.39. The van der Waals surface area contributed by atoms with E-state index < -0.39 is 0 Å². The zero-order chi connectivity index (χ0) is 10.4. The second-order valence-electron chi connectivity index (χ2n) is 2.42. The van der Waals surface area contributed by atoms with Gasteiger partial charge in [0.1, 0.15) is 5.03 Å². The van der Waals surface area contributed by atoms with Gasteiger partial charge in [0.05, 0.1) is 13.5 Å². The fourth-order valence-electron chi connectivity index (χ4n) is 0.780. The molecule has 14 heavy (non-hydrogen) atoms. The van der Waals surface area contributed by atoms with Gasteiger partial charge in [0.25, 0.3) is 0 Å². The van der Waals surface area contributed by atoms with Crippen LogP contribution in [-0.4, -0.2) is 28.8 Å². The van der Waals surface area contributed by atoms with E-state index in [9.17, 15) is 4.79 Å². The van der Waals surface area contributed by atoms with Crippen molar-refractivity contribution in [2.45, 2.75) is 11.4 Å². The third-order valence-electron chi connectivity index (χ3n) is 1.46. The van der Waals surface area contributed by atoms with Crippen LogP contribution in [0.3, 0.4) is 0 Å². The van der Waals surface area contributed by atoms with Gasteiger partial charge in [0, 0.05) is 18.1 Å². The van der Waals surface area contributed by atoms with Crippen LogP contribution in [0.4, 0.5) is 5.82 Å². The fourth-order valence-corrected chi connectivity index (χ4v) is 1.58. The van der Waals surface area contributed by atoms with Gasteiger partial charge in [-0.15, -0.1) is 11.8 Å². The first-order valence-corrected chi connectivity index (χ1v) is 4.98. The molecule has 0 aliphatic rings. The summed E-state index contributed by atoms with van der Waals surface area (Å²) in [6.07, 6.45) is 3.44. The number of nitrogen functional groups attached to an aromatic ring is 1. The van der Waals surface area contributed by atoms with Crippen molar-refractivity contribution in [3.8, 4) is 0 Å². The van der Waals surface area contributed by atoms with Gasteiger partial charge in [-0.1, -0.05) is 0 Å². The van der Waals surface area contributed by atoms with Gasteiger partial charge >= 0.3 is 5.97 Å². The smallest absolute Gasteiger partial charge is 0.306 e. The van der Waals surface area contributed by atoms with E-state index in [1.54, 1.807) is 6.20 Å². The van der Waals surface area contributed by atoms with E-state index in [0.717, 1.165) is 0 Å². The van der Waals surface area contributed by atoms with Crippen molar-refractivity contribution in [1.82, 2.24) is 9.97 Å². The van der Waals surface area contributed by atoms with E-state index >= 15 is 0 Å². The molecule has 0 aliphatic carbocycles. The minimum Gasteiger partial charge on any atom is -0.469 e. The largest absolute Gasteiger partial charge is 0.469 e. The summed E-state index contributed by atoms with van der Waals surface area (Å²) in [7, 11) is 1.36. The zero-order valence-corrected chi connectivity index (χ0v) is 8.58. The summed E-state index contributed by atoms with van der Waals surface area (Å²) in [5.74, 6) is 0.748. The standard InChI is InChI=1S/C8H11N3O2S/c1-13-6(12)2-5-14-8-7(9)10-3-4-11-8/h3-4H,2,5H2,1H3,(H2,9,10). The normalized spacial score (nSPS) is 9.79. The van der Waals surface area contributed by atoms with Crippen molar-refractivity contribution in [1.29, 1.82) is 0 Å². The number of rotatable bonds is 4. The first-order valence-electron chi connectivity index (χ1n) is 4.00. The highest BCUT2D eigenvalue weighted by atomic mass is 32.2. The number of carbonyl (C=O) groups excluding carboxylic acids is 1. The van der Waals surface area contributed by atoms with E-state index in [1.165, 1.54) is 25.1 Å². The predicted molar refractivity (Wildman–Crippen MR) is 53.8 cm³/mol. The number of hydrogen-bond donors (Lipinski definition) is 1. The van der Waals surface area contributed by atoms with Gasteiger partial charge in [-0.05, 0) is 0 Å². The molecule has 0 unspecified atom stereocenters. The summed E-state index contributed by atoms with van der Waals surface area (Å²) in [5.41, 5.74) is 5.56.